The molecular formula is C30H34N4O8S. The van der Waals surface area contributed by atoms with Crippen molar-refractivity contribution in [2.24, 2.45) is 5.10 Å². The van der Waals surface area contributed by atoms with E-state index in [2.05, 4.69) is 10.5 Å². The highest BCUT2D eigenvalue weighted by Crippen LogP contribution is 2.32. The molecule has 2 amide bonds. The van der Waals surface area contributed by atoms with Gasteiger partial charge in [0.15, 0.2) is 18.1 Å². The standard InChI is InChI=1S/C30H34N4O8S/c1-22-4-8-24(9-5-22)34(43(37,38)26-12-13-27(39-2)28(18-26)40-3)20-29(35)32-31-19-23-6-10-25(11-7-23)42-21-30(36)33-14-16-41-17-15-33/h4-13,18-19H,14-17,20-21H2,1-3H3,(H,32,35)/b31-19-. The Hall–Kier alpha value is -4.62. The minimum Gasteiger partial charge on any atom is -0.493 e. The highest BCUT2D eigenvalue weighted by Gasteiger charge is 2.28. The van der Waals surface area contributed by atoms with E-state index in [1.807, 2.05) is 6.92 Å². The molecule has 0 saturated carbocycles. The molecule has 0 spiro atoms. The summed E-state index contributed by atoms with van der Waals surface area (Å²) in [6.07, 6.45) is 1.42. The van der Waals surface area contributed by atoms with Gasteiger partial charge in [-0.05, 0) is 61.0 Å². The fourth-order valence-corrected chi connectivity index (χ4v) is 5.61. The largest absolute Gasteiger partial charge is 0.493 e. The number of anilines is 1. The third-order valence-electron chi connectivity index (χ3n) is 6.56. The summed E-state index contributed by atoms with van der Waals surface area (Å²) >= 11 is 0. The molecule has 0 aliphatic carbocycles. The average molecular weight is 611 g/mol. The first-order valence-electron chi connectivity index (χ1n) is 13.4. The average Bonchev–Trinajstić information content (AvgIpc) is 3.03. The minimum absolute atomic E-state index is 0.0732. The summed E-state index contributed by atoms with van der Waals surface area (Å²) in [5.41, 5.74) is 4.28. The summed E-state index contributed by atoms with van der Waals surface area (Å²) in [5, 5.41) is 3.98. The normalized spacial score (nSPS) is 13.4. The maximum atomic E-state index is 13.7. The van der Waals surface area contributed by atoms with Crippen LogP contribution >= 0.6 is 0 Å². The van der Waals surface area contributed by atoms with Crippen molar-refractivity contribution >= 4 is 33.7 Å². The molecule has 0 bridgehead atoms. The van der Waals surface area contributed by atoms with Gasteiger partial charge in [0.25, 0.3) is 21.8 Å². The van der Waals surface area contributed by atoms with Crippen LogP contribution in [0, 0.1) is 6.92 Å². The molecule has 1 fully saturated rings. The number of methoxy groups -OCH3 is 2. The molecule has 3 aromatic rings. The number of hydrogen-bond donors (Lipinski definition) is 1. The fraction of sp³-hybridized carbons (Fsp3) is 0.300. The quantitative estimate of drug-likeness (QED) is 0.244. The third-order valence-corrected chi connectivity index (χ3v) is 8.33. The van der Waals surface area contributed by atoms with Crippen LogP contribution in [0.2, 0.25) is 0 Å². The summed E-state index contributed by atoms with van der Waals surface area (Å²) in [6, 6.07) is 17.8. The lowest BCUT2D eigenvalue weighted by atomic mass is 10.2. The van der Waals surface area contributed by atoms with E-state index in [-0.39, 0.29) is 23.2 Å². The van der Waals surface area contributed by atoms with Gasteiger partial charge in [0.05, 0.1) is 44.2 Å². The summed E-state index contributed by atoms with van der Waals surface area (Å²) in [5.74, 6) is 0.363. The number of hydrazone groups is 1. The van der Waals surface area contributed by atoms with Gasteiger partial charge in [0.1, 0.15) is 12.3 Å². The number of rotatable bonds is 12. The summed E-state index contributed by atoms with van der Waals surface area (Å²) in [6.45, 7) is 3.42. The van der Waals surface area contributed by atoms with Gasteiger partial charge < -0.3 is 23.8 Å². The Morgan fingerprint density at radius 2 is 1.65 bits per heavy atom. The Bertz CT molecular complexity index is 1540. The van der Waals surface area contributed by atoms with Crippen LogP contribution in [0.4, 0.5) is 5.69 Å². The number of aryl methyl sites for hydroxylation is 1. The van der Waals surface area contributed by atoms with E-state index in [4.69, 9.17) is 18.9 Å². The first kappa shape index (κ1) is 31.3. The lowest BCUT2D eigenvalue weighted by Gasteiger charge is -2.26. The van der Waals surface area contributed by atoms with E-state index in [1.165, 1.54) is 38.6 Å². The number of amides is 2. The summed E-state index contributed by atoms with van der Waals surface area (Å²) < 4.78 is 49.7. The van der Waals surface area contributed by atoms with Crippen LogP contribution in [0.25, 0.3) is 0 Å². The van der Waals surface area contributed by atoms with E-state index in [9.17, 15) is 18.0 Å². The van der Waals surface area contributed by atoms with Crippen molar-refractivity contribution in [3.63, 3.8) is 0 Å². The molecule has 12 nitrogen and oxygen atoms in total. The number of hydrogen-bond acceptors (Lipinski definition) is 9. The van der Waals surface area contributed by atoms with Crippen LogP contribution < -0.4 is 23.9 Å². The van der Waals surface area contributed by atoms with Crippen LogP contribution in [0.15, 0.2) is 76.7 Å². The second-order valence-corrected chi connectivity index (χ2v) is 11.4. The predicted octanol–water partition coefficient (Wildman–Crippen LogP) is 2.60. The number of nitrogens with zero attached hydrogens (tertiary/aromatic N) is 3. The number of sulfonamides is 1. The van der Waals surface area contributed by atoms with E-state index in [0.29, 0.717) is 49.1 Å². The molecule has 43 heavy (non-hydrogen) atoms. The highest BCUT2D eigenvalue weighted by molar-refractivity contribution is 7.92. The maximum Gasteiger partial charge on any atom is 0.264 e. The van der Waals surface area contributed by atoms with Gasteiger partial charge in [-0.25, -0.2) is 13.8 Å². The SMILES string of the molecule is COc1ccc(S(=O)(=O)N(CC(=O)N/N=C\c2ccc(OCC(=O)N3CCOCC3)cc2)c2ccc(C)cc2)cc1OC. The van der Waals surface area contributed by atoms with Crippen LogP contribution in [0.1, 0.15) is 11.1 Å². The molecule has 0 unspecified atom stereocenters. The Morgan fingerprint density at radius 3 is 2.30 bits per heavy atom. The molecule has 1 N–H and O–H groups in total. The zero-order chi connectivity index (χ0) is 30.8. The van der Waals surface area contributed by atoms with Gasteiger partial charge in [0.2, 0.25) is 0 Å². The second kappa shape index (κ2) is 14.5. The monoisotopic (exact) mass is 610 g/mol. The molecule has 3 aromatic carbocycles. The molecule has 1 heterocycles. The molecule has 0 aromatic heterocycles. The van der Waals surface area contributed by atoms with Gasteiger partial charge in [0, 0.05) is 19.2 Å². The smallest absolute Gasteiger partial charge is 0.264 e. The molecule has 0 atom stereocenters. The van der Waals surface area contributed by atoms with Gasteiger partial charge in [-0.1, -0.05) is 17.7 Å². The summed E-state index contributed by atoms with van der Waals surface area (Å²) in [4.78, 5) is 26.8. The zero-order valence-electron chi connectivity index (χ0n) is 24.2. The fourth-order valence-electron chi connectivity index (χ4n) is 4.17. The predicted molar refractivity (Wildman–Crippen MR) is 160 cm³/mol. The lowest BCUT2D eigenvalue weighted by Crippen LogP contribution is -2.42. The third kappa shape index (κ3) is 8.23. The minimum atomic E-state index is -4.18. The Kier molecular flexibility index (Phi) is 10.6. The van der Waals surface area contributed by atoms with Crippen LogP contribution in [-0.4, -0.2) is 85.0 Å². The molecule has 1 saturated heterocycles. The first-order valence-corrected chi connectivity index (χ1v) is 14.9. The molecule has 0 radical (unpaired) electrons. The van der Waals surface area contributed by atoms with Gasteiger partial charge >= 0.3 is 0 Å². The number of benzene rings is 3. The Morgan fingerprint density at radius 1 is 0.977 bits per heavy atom. The number of nitrogens with one attached hydrogen (secondary N) is 1. The molecule has 1 aliphatic heterocycles. The number of carbonyl (C=O) groups excluding carboxylic acids is 2. The first-order chi connectivity index (χ1) is 20.7. The van der Waals surface area contributed by atoms with E-state index in [1.54, 1.807) is 53.4 Å². The molecular weight excluding hydrogens is 576 g/mol. The van der Waals surface area contributed by atoms with Crippen LogP contribution in [0.3, 0.4) is 0 Å². The Balaban J connectivity index is 1.40. The van der Waals surface area contributed by atoms with E-state index in [0.717, 1.165) is 9.87 Å². The molecule has 1 aliphatic rings. The molecule has 228 valence electrons. The maximum absolute atomic E-state index is 13.7. The van der Waals surface area contributed by atoms with Crippen LogP contribution in [0.5, 0.6) is 17.2 Å². The number of carbonyl (C=O) groups is 2. The van der Waals surface area contributed by atoms with Crippen molar-refractivity contribution < 1.29 is 37.0 Å². The van der Waals surface area contributed by atoms with Crippen molar-refractivity contribution in [3.05, 3.63) is 77.9 Å². The topological polar surface area (TPSA) is 136 Å². The van der Waals surface area contributed by atoms with Gasteiger partial charge in [-0.3, -0.25) is 13.9 Å². The van der Waals surface area contributed by atoms with Gasteiger partial charge in [-0.2, -0.15) is 5.10 Å². The number of morpholine rings is 1. The second-order valence-electron chi connectivity index (χ2n) is 9.51. The summed E-state index contributed by atoms with van der Waals surface area (Å²) in [7, 11) is -1.32. The number of ether oxygens (including phenoxy) is 4. The van der Waals surface area contributed by atoms with E-state index < -0.39 is 22.5 Å². The van der Waals surface area contributed by atoms with Crippen molar-refractivity contribution in [2.45, 2.75) is 11.8 Å². The van der Waals surface area contributed by atoms with Crippen molar-refractivity contribution in [2.75, 3.05) is 58.0 Å². The van der Waals surface area contributed by atoms with Crippen LogP contribution in [-0.2, 0) is 24.3 Å². The van der Waals surface area contributed by atoms with E-state index >= 15 is 0 Å². The zero-order valence-corrected chi connectivity index (χ0v) is 25.0. The highest BCUT2D eigenvalue weighted by atomic mass is 32.2. The van der Waals surface area contributed by atoms with Gasteiger partial charge in [-0.15, -0.1) is 0 Å². The van der Waals surface area contributed by atoms with Crippen molar-refractivity contribution in [3.8, 4) is 17.2 Å². The van der Waals surface area contributed by atoms with Crippen molar-refractivity contribution in [1.82, 2.24) is 10.3 Å². The lowest BCUT2D eigenvalue weighted by molar-refractivity contribution is -0.137. The van der Waals surface area contributed by atoms with Crippen molar-refractivity contribution in [1.29, 1.82) is 0 Å². The molecule has 4 rings (SSSR count). The molecule has 13 heteroatoms. The Labute approximate surface area is 250 Å².